The number of carbonyl (C=O) groups is 2. The molecule has 0 aromatic carbocycles. The van der Waals surface area contributed by atoms with E-state index >= 15 is 0 Å². The summed E-state index contributed by atoms with van der Waals surface area (Å²) in [7, 11) is 1.47. The van der Waals surface area contributed by atoms with Crippen LogP contribution in [-0.2, 0) is 42.7 Å². The van der Waals surface area contributed by atoms with Crippen molar-refractivity contribution in [2.45, 2.75) is 94.2 Å². The van der Waals surface area contributed by atoms with Gasteiger partial charge in [0.25, 0.3) is 0 Å². The lowest BCUT2D eigenvalue weighted by Gasteiger charge is -2.45. The van der Waals surface area contributed by atoms with Crippen molar-refractivity contribution in [3.05, 3.63) is 11.1 Å². The number of ether oxygens (including phenoxy) is 7. The summed E-state index contributed by atoms with van der Waals surface area (Å²) in [6, 6.07) is 0. The number of fused-ring (bicyclic) bond motifs is 4. The van der Waals surface area contributed by atoms with Crippen molar-refractivity contribution in [1.82, 2.24) is 0 Å². The number of epoxide rings is 1. The SMILES string of the molecule is CO[C@@H]1C[C@H]2[C@H](OC(=O)[C@@H]3COC(=O)C4=C(C)CC[C@@H]43)[C@@H]3O[C@]3(C)[C@H]2[C@H](O[C@@H]2O[C@H](CO)[C@@H](O)[C@H](O)[C@H]2O)O1. The predicted molar refractivity (Wildman–Crippen MR) is 125 cm³/mol. The first-order chi connectivity index (χ1) is 18.6. The molecule has 0 aromatic heterocycles. The second-order valence-electron chi connectivity index (χ2n) is 11.6. The normalized spacial score (nSPS) is 50.6. The van der Waals surface area contributed by atoms with Crippen molar-refractivity contribution in [3.8, 4) is 0 Å². The second kappa shape index (κ2) is 10.00. The molecular formula is C26H36O13. The van der Waals surface area contributed by atoms with Gasteiger partial charge in [-0.15, -0.1) is 0 Å². The van der Waals surface area contributed by atoms with Crippen LogP contribution in [0, 0.1) is 23.7 Å². The summed E-state index contributed by atoms with van der Waals surface area (Å²) >= 11 is 0. The van der Waals surface area contributed by atoms with E-state index in [1.807, 2.05) is 13.8 Å². The molecule has 4 heterocycles. The Hall–Kier alpha value is -1.68. The third-order valence-electron chi connectivity index (χ3n) is 9.47. The van der Waals surface area contributed by atoms with Crippen LogP contribution < -0.4 is 0 Å². The van der Waals surface area contributed by atoms with Gasteiger partial charge in [-0.3, -0.25) is 4.79 Å². The summed E-state index contributed by atoms with van der Waals surface area (Å²) in [6.45, 7) is 3.12. The van der Waals surface area contributed by atoms with E-state index in [1.54, 1.807) is 0 Å². The molecule has 1 saturated carbocycles. The lowest BCUT2D eigenvalue weighted by molar-refractivity contribution is -0.379. The standard InChI is InChI=1S/C26H36O13/c1-9-4-5-10-12(8-34-23(32)15(9)10)22(31)37-20-11-6-14(33-3)36-24(16(11)26(2)21(20)39-26)38-25-19(30)18(29)17(28)13(7-27)35-25/h10-14,16-21,24-25,27-30H,4-8H2,1-3H3/t10-,11-,12-,13-,14+,16-,17-,18+,19-,20+,21+,24+,25+,26-/m1/s1. The molecule has 4 N–H and O–H groups in total. The molecule has 0 unspecified atom stereocenters. The number of allylic oxidation sites excluding steroid dienone is 1. The number of carbonyl (C=O) groups excluding carboxylic acids is 2. The van der Waals surface area contributed by atoms with Gasteiger partial charge < -0.3 is 53.6 Å². The highest BCUT2D eigenvalue weighted by molar-refractivity contribution is 5.93. The molecule has 218 valence electrons. The van der Waals surface area contributed by atoms with Crippen molar-refractivity contribution in [1.29, 1.82) is 0 Å². The molecule has 14 atom stereocenters. The fourth-order valence-corrected chi connectivity index (χ4v) is 7.26. The van der Waals surface area contributed by atoms with Gasteiger partial charge in [0.15, 0.2) is 18.9 Å². The van der Waals surface area contributed by atoms with Gasteiger partial charge in [0.2, 0.25) is 0 Å². The molecule has 6 aliphatic rings. The smallest absolute Gasteiger partial charge is 0.334 e. The Bertz CT molecular complexity index is 1030. The van der Waals surface area contributed by atoms with Crippen LogP contribution in [0.2, 0.25) is 0 Å². The molecule has 13 heteroatoms. The van der Waals surface area contributed by atoms with Crippen LogP contribution in [-0.4, -0.2) is 114 Å². The average Bonchev–Trinajstić information content (AvgIpc) is 3.35. The van der Waals surface area contributed by atoms with Crippen LogP contribution in [0.1, 0.15) is 33.1 Å². The van der Waals surface area contributed by atoms with Crippen LogP contribution >= 0.6 is 0 Å². The van der Waals surface area contributed by atoms with Gasteiger partial charge in [0, 0.05) is 36.9 Å². The highest BCUT2D eigenvalue weighted by Gasteiger charge is 2.76. The predicted octanol–water partition coefficient (Wildman–Crippen LogP) is -1.26. The van der Waals surface area contributed by atoms with E-state index in [2.05, 4.69) is 0 Å². The maximum absolute atomic E-state index is 13.5. The maximum atomic E-state index is 13.5. The largest absolute Gasteiger partial charge is 0.461 e. The Balaban J connectivity index is 1.20. The lowest BCUT2D eigenvalue weighted by atomic mass is 9.83. The first-order valence-electron chi connectivity index (χ1n) is 13.5. The maximum Gasteiger partial charge on any atom is 0.334 e. The molecule has 4 saturated heterocycles. The summed E-state index contributed by atoms with van der Waals surface area (Å²) < 4.78 is 40.5. The van der Waals surface area contributed by atoms with Crippen LogP contribution in [0.15, 0.2) is 11.1 Å². The number of aliphatic hydroxyl groups excluding tert-OH is 4. The number of aliphatic hydroxyl groups is 4. The first kappa shape index (κ1) is 27.5. The van der Waals surface area contributed by atoms with E-state index in [9.17, 15) is 30.0 Å². The van der Waals surface area contributed by atoms with E-state index in [-0.39, 0.29) is 24.4 Å². The topological polar surface area (TPSA) is 183 Å². The van der Waals surface area contributed by atoms with Crippen molar-refractivity contribution in [3.63, 3.8) is 0 Å². The van der Waals surface area contributed by atoms with Gasteiger partial charge in [-0.1, -0.05) is 5.57 Å². The zero-order valence-corrected chi connectivity index (χ0v) is 22.0. The fraction of sp³-hybridized carbons (Fsp3) is 0.846. The lowest BCUT2D eigenvalue weighted by Crippen LogP contribution is -2.61. The quantitative estimate of drug-likeness (QED) is 0.225. The molecular weight excluding hydrogens is 520 g/mol. The summed E-state index contributed by atoms with van der Waals surface area (Å²) in [4.78, 5) is 25.8. The Morgan fingerprint density at radius 1 is 1.13 bits per heavy atom. The van der Waals surface area contributed by atoms with Gasteiger partial charge in [-0.2, -0.15) is 0 Å². The van der Waals surface area contributed by atoms with E-state index in [0.717, 1.165) is 12.0 Å². The van der Waals surface area contributed by atoms with Gasteiger partial charge in [-0.25, -0.2) is 4.79 Å². The number of cyclic esters (lactones) is 1. The molecule has 39 heavy (non-hydrogen) atoms. The van der Waals surface area contributed by atoms with E-state index in [1.165, 1.54) is 7.11 Å². The number of esters is 2. The molecule has 0 spiro atoms. The summed E-state index contributed by atoms with van der Waals surface area (Å²) in [5.41, 5.74) is 0.766. The monoisotopic (exact) mass is 556 g/mol. The second-order valence-corrected chi connectivity index (χ2v) is 11.6. The van der Waals surface area contributed by atoms with Crippen LogP contribution in [0.3, 0.4) is 0 Å². The van der Waals surface area contributed by atoms with Crippen molar-refractivity contribution in [2.75, 3.05) is 20.3 Å². The molecule has 5 fully saturated rings. The van der Waals surface area contributed by atoms with Gasteiger partial charge in [0.1, 0.15) is 48.8 Å². The van der Waals surface area contributed by atoms with Crippen molar-refractivity contribution in [2.24, 2.45) is 23.7 Å². The Kier molecular flexibility index (Phi) is 7.05. The minimum absolute atomic E-state index is 0.0324. The molecule has 4 aliphatic heterocycles. The summed E-state index contributed by atoms with van der Waals surface area (Å²) in [5.74, 6) is -2.39. The minimum atomic E-state index is -1.61. The number of hydrogen-bond acceptors (Lipinski definition) is 13. The Morgan fingerprint density at radius 2 is 1.90 bits per heavy atom. The molecule has 2 aliphatic carbocycles. The van der Waals surface area contributed by atoms with Crippen molar-refractivity contribution >= 4 is 11.9 Å². The zero-order valence-electron chi connectivity index (χ0n) is 22.0. The van der Waals surface area contributed by atoms with Gasteiger partial charge in [-0.05, 0) is 26.7 Å². The molecule has 0 bridgehead atoms. The van der Waals surface area contributed by atoms with E-state index < -0.39 is 85.5 Å². The number of hydrogen-bond donors (Lipinski definition) is 4. The molecule has 0 radical (unpaired) electrons. The molecule has 0 amide bonds. The first-order valence-corrected chi connectivity index (χ1v) is 13.5. The molecule has 0 aromatic rings. The third kappa shape index (κ3) is 4.34. The highest BCUT2D eigenvalue weighted by atomic mass is 16.8. The molecule has 13 nitrogen and oxygen atoms in total. The highest BCUT2D eigenvalue weighted by Crippen LogP contribution is 2.62. The Labute approximate surface area is 224 Å². The van der Waals surface area contributed by atoms with Crippen LogP contribution in [0.4, 0.5) is 0 Å². The minimum Gasteiger partial charge on any atom is -0.461 e. The zero-order chi connectivity index (χ0) is 27.8. The van der Waals surface area contributed by atoms with Crippen LogP contribution in [0.5, 0.6) is 0 Å². The Morgan fingerprint density at radius 3 is 2.62 bits per heavy atom. The number of rotatable bonds is 6. The fourth-order valence-electron chi connectivity index (χ4n) is 7.26. The summed E-state index contributed by atoms with van der Waals surface area (Å²) in [5, 5.41) is 40.4. The summed E-state index contributed by atoms with van der Waals surface area (Å²) in [6.07, 6.45) is -8.34. The van der Waals surface area contributed by atoms with Crippen LogP contribution in [0.25, 0.3) is 0 Å². The average molecular weight is 557 g/mol. The molecule has 6 rings (SSSR count). The van der Waals surface area contributed by atoms with E-state index in [4.69, 9.17) is 33.2 Å². The van der Waals surface area contributed by atoms with E-state index in [0.29, 0.717) is 18.4 Å². The van der Waals surface area contributed by atoms with Gasteiger partial charge >= 0.3 is 11.9 Å². The van der Waals surface area contributed by atoms with Crippen molar-refractivity contribution < 1.29 is 63.2 Å². The number of methoxy groups -OCH3 is 1. The third-order valence-corrected chi connectivity index (χ3v) is 9.47. The van der Waals surface area contributed by atoms with Gasteiger partial charge in [0.05, 0.1) is 12.5 Å².